The molecule has 0 aromatic carbocycles. The average Bonchev–Trinajstić information content (AvgIpc) is 2.09. The Kier molecular flexibility index (Phi) is 3.13. The SMILES string of the molecule is O=C(O)Cc1c[nH]c(F)c(C(F)F)c1=O. The van der Waals surface area contributed by atoms with Crippen LogP contribution in [0.15, 0.2) is 11.0 Å². The van der Waals surface area contributed by atoms with Crippen molar-refractivity contribution >= 4 is 5.97 Å². The summed E-state index contributed by atoms with van der Waals surface area (Å²) >= 11 is 0. The lowest BCUT2D eigenvalue weighted by atomic mass is 10.1. The monoisotopic (exact) mass is 221 g/mol. The van der Waals surface area contributed by atoms with Gasteiger partial charge in [-0.05, 0) is 0 Å². The molecule has 4 nitrogen and oxygen atoms in total. The zero-order chi connectivity index (χ0) is 11.6. The zero-order valence-electron chi connectivity index (χ0n) is 7.26. The van der Waals surface area contributed by atoms with Crippen LogP contribution in [0.2, 0.25) is 0 Å². The van der Waals surface area contributed by atoms with Gasteiger partial charge in [-0.25, -0.2) is 8.78 Å². The van der Waals surface area contributed by atoms with Crippen LogP contribution in [0.1, 0.15) is 17.6 Å². The van der Waals surface area contributed by atoms with E-state index in [-0.39, 0.29) is 0 Å². The Morgan fingerprint density at radius 3 is 2.60 bits per heavy atom. The van der Waals surface area contributed by atoms with Crippen molar-refractivity contribution < 1.29 is 23.1 Å². The fourth-order valence-corrected chi connectivity index (χ4v) is 1.06. The minimum Gasteiger partial charge on any atom is -0.481 e. The van der Waals surface area contributed by atoms with Crippen molar-refractivity contribution in [1.82, 2.24) is 4.98 Å². The molecule has 2 N–H and O–H groups in total. The standard InChI is InChI=1S/C8H6F3NO3/c9-7(10)5-6(15)3(1-4(13)14)2-12-8(5)11/h2,7H,1H2,(H,12,15)(H,13,14). The van der Waals surface area contributed by atoms with Crippen molar-refractivity contribution in [1.29, 1.82) is 0 Å². The molecule has 0 radical (unpaired) electrons. The number of nitrogens with one attached hydrogen (secondary N) is 1. The molecule has 0 spiro atoms. The van der Waals surface area contributed by atoms with Gasteiger partial charge in [-0.2, -0.15) is 4.39 Å². The van der Waals surface area contributed by atoms with E-state index in [0.717, 1.165) is 6.20 Å². The minimum atomic E-state index is -3.28. The summed E-state index contributed by atoms with van der Waals surface area (Å²) in [5, 5.41) is 8.36. The second-order valence-corrected chi connectivity index (χ2v) is 2.74. The topological polar surface area (TPSA) is 70.2 Å². The first-order chi connectivity index (χ1) is 6.93. The highest BCUT2D eigenvalue weighted by molar-refractivity contribution is 5.70. The van der Waals surface area contributed by atoms with Crippen molar-refractivity contribution in [2.24, 2.45) is 0 Å². The molecule has 0 aliphatic rings. The Morgan fingerprint density at radius 1 is 1.53 bits per heavy atom. The van der Waals surface area contributed by atoms with E-state index in [0.29, 0.717) is 0 Å². The molecule has 1 heterocycles. The second kappa shape index (κ2) is 4.16. The smallest absolute Gasteiger partial charge is 0.308 e. The summed E-state index contributed by atoms with van der Waals surface area (Å²) in [6.07, 6.45) is -3.23. The largest absolute Gasteiger partial charge is 0.481 e. The van der Waals surface area contributed by atoms with Gasteiger partial charge in [-0.3, -0.25) is 9.59 Å². The van der Waals surface area contributed by atoms with Gasteiger partial charge >= 0.3 is 5.97 Å². The van der Waals surface area contributed by atoms with Crippen molar-refractivity contribution in [2.45, 2.75) is 12.8 Å². The van der Waals surface area contributed by atoms with Crippen LogP contribution >= 0.6 is 0 Å². The van der Waals surface area contributed by atoms with E-state index in [1.807, 2.05) is 0 Å². The van der Waals surface area contributed by atoms with Gasteiger partial charge in [0, 0.05) is 11.8 Å². The number of H-pyrrole nitrogens is 1. The molecule has 0 aliphatic heterocycles. The number of aliphatic carboxylic acids is 1. The van der Waals surface area contributed by atoms with Crippen LogP contribution in [0, 0.1) is 5.95 Å². The number of carboxylic acids is 1. The number of alkyl halides is 2. The summed E-state index contributed by atoms with van der Waals surface area (Å²) in [6.45, 7) is 0. The van der Waals surface area contributed by atoms with Crippen LogP contribution in [-0.2, 0) is 11.2 Å². The number of carboxylic acid groups (broad SMARTS) is 1. The molecule has 1 aromatic heterocycles. The van der Waals surface area contributed by atoms with E-state index in [4.69, 9.17) is 5.11 Å². The maximum absolute atomic E-state index is 12.7. The number of pyridine rings is 1. The van der Waals surface area contributed by atoms with E-state index in [1.165, 1.54) is 0 Å². The summed E-state index contributed by atoms with van der Waals surface area (Å²) in [7, 11) is 0. The lowest BCUT2D eigenvalue weighted by Gasteiger charge is -2.03. The molecule has 0 amide bonds. The molecule has 15 heavy (non-hydrogen) atoms. The summed E-state index contributed by atoms with van der Waals surface area (Å²) in [5.74, 6) is -2.79. The van der Waals surface area contributed by atoms with Crippen LogP contribution in [0.5, 0.6) is 0 Å². The predicted molar refractivity (Wildman–Crippen MR) is 43.3 cm³/mol. The molecular weight excluding hydrogens is 215 g/mol. The lowest BCUT2D eigenvalue weighted by molar-refractivity contribution is -0.136. The van der Waals surface area contributed by atoms with E-state index < -0.39 is 41.3 Å². The number of hydrogen-bond donors (Lipinski definition) is 2. The Labute approximate surface area is 81.4 Å². The van der Waals surface area contributed by atoms with E-state index in [9.17, 15) is 22.8 Å². The number of aromatic amines is 1. The predicted octanol–water partition coefficient (Wildman–Crippen LogP) is 1.08. The average molecular weight is 221 g/mol. The number of carbonyl (C=O) groups is 1. The summed E-state index contributed by atoms with van der Waals surface area (Å²) in [4.78, 5) is 23.2. The second-order valence-electron chi connectivity index (χ2n) is 2.74. The number of halogens is 3. The Hall–Kier alpha value is -1.79. The molecule has 0 unspecified atom stereocenters. The summed E-state index contributed by atoms with van der Waals surface area (Å²) in [5.41, 5.74) is -3.00. The van der Waals surface area contributed by atoms with Gasteiger partial charge in [0.2, 0.25) is 5.95 Å². The molecule has 0 saturated heterocycles. The number of rotatable bonds is 3. The van der Waals surface area contributed by atoms with Gasteiger partial charge in [0.15, 0.2) is 5.43 Å². The summed E-state index contributed by atoms with van der Waals surface area (Å²) < 4.78 is 37.1. The minimum absolute atomic E-state index is 0.404. The van der Waals surface area contributed by atoms with Crippen LogP contribution in [0.3, 0.4) is 0 Å². The fourth-order valence-electron chi connectivity index (χ4n) is 1.06. The van der Waals surface area contributed by atoms with Crippen LogP contribution in [0.4, 0.5) is 13.2 Å². The molecule has 0 fully saturated rings. The highest BCUT2D eigenvalue weighted by Crippen LogP contribution is 2.17. The highest BCUT2D eigenvalue weighted by Gasteiger charge is 2.21. The molecule has 82 valence electrons. The molecule has 0 atom stereocenters. The van der Waals surface area contributed by atoms with Gasteiger partial charge in [0.1, 0.15) is 5.56 Å². The zero-order valence-corrected chi connectivity index (χ0v) is 7.26. The highest BCUT2D eigenvalue weighted by atomic mass is 19.3. The fraction of sp³-hybridized carbons (Fsp3) is 0.250. The summed E-state index contributed by atoms with van der Waals surface area (Å²) in [6, 6.07) is 0. The van der Waals surface area contributed by atoms with Crippen molar-refractivity contribution in [3.63, 3.8) is 0 Å². The molecule has 1 aromatic rings. The Morgan fingerprint density at radius 2 is 2.13 bits per heavy atom. The molecule has 7 heteroatoms. The van der Waals surface area contributed by atoms with Gasteiger partial charge < -0.3 is 10.1 Å². The Balaban J connectivity index is 3.29. The quantitative estimate of drug-likeness (QED) is 0.750. The first-order valence-electron chi connectivity index (χ1n) is 3.83. The van der Waals surface area contributed by atoms with Crippen LogP contribution in [0.25, 0.3) is 0 Å². The Bertz CT molecular complexity index is 441. The molecular formula is C8H6F3NO3. The normalized spacial score (nSPS) is 10.7. The number of hydrogen-bond acceptors (Lipinski definition) is 2. The van der Waals surface area contributed by atoms with Gasteiger partial charge in [0.25, 0.3) is 6.43 Å². The maximum atomic E-state index is 12.7. The first kappa shape index (κ1) is 11.3. The van der Waals surface area contributed by atoms with E-state index in [2.05, 4.69) is 0 Å². The van der Waals surface area contributed by atoms with E-state index >= 15 is 0 Å². The van der Waals surface area contributed by atoms with Crippen LogP contribution in [-0.4, -0.2) is 16.1 Å². The van der Waals surface area contributed by atoms with E-state index in [1.54, 1.807) is 4.98 Å². The van der Waals surface area contributed by atoms with Crippen molar-refractivity contribution in [2.75, 3.05) is 0 Å². The van der Waals surface area contributed by atoms with Gasteiger partial charge in [0.05, 0.1) is 6.42 Å². The first-order valence-corrected chi connectivity index (χ1v) is 3.83. The lowest BCUT2D eigenvalue weighted by Crippen LogP contribution is -2.20. The van der Waals surface area contributed by atoms with Crippen LogP contribution < -0.4 is 5.43 Å². The van der Waals surface area contributed by atoms with Crippen molar-refractivity contribution in [3.8, 4) is 0 Å². The molecule has 0 saturated carbocycles. The third-order valence-corrected chi connectivity index (χ3v) is 1.71. The maximum Gasteiger partial charge on any atom is 0.308 e. The van der Waals surface area contributed by atoms with Gasteiger partial charge in [-0.15, -0.1) is 0 Å². The third kappa shape index (κ3) is 2.36. The third-order valence-electron chi connectivity index (χ3n) is 1.71. The molecule has 1 rings (SSSR count). The number of aromatic nitrogens is 1. The molecule has 0 aliphatic carbocycles. The van der Waals surface area contributed by atoms with Crippen molar-refractivity contribution in [3.05, 3.63) is 33.5 Å². The molecule has 0 bridgehead atoms. The van der Waals surface area contributed by atoms with Gasteiger partial charge in [-0.1, -0.05) is 0 Å².